The first-order valence-electron chi connectivity index (χ1n) is 9.01. The Hall–Kier alpha value is -3.39. The van der Waals surface area contributed by atoms with Crippen molar-refractivity contribution in [2.45, 2.75) is 13.5 Å². The summed E-state index contributed by atoms with van der Waals surface area (Å²) in [5, 5.41) is 7.36. The zero-order chi connectivity index (χ0) is 20.2. The Balaban J connectivity index is 1.43. The lowest BCUT2D eigenvalue weighted by molar-refractivity contribution is 0.413. The average Bonchev–Trinajstić information content (AvgIpc) is 3.36. The van der Waals surface area contributed by atoms with Gasteiger partial charge < -0.3 is 19.9 Å². The van der Waals surface area contributed by atoms with Gasteiger partial charge in [0.05, 0.1) is 31.4 Å². The number of imidazole rings is 1. The van der Waals surface area contributed by atoms with Gasteiger partial charge >= 0.3 is 0 Å². The van der Waals surface area contributed by atoms with E-state index in [-0.39, 0.29) is 5.82 Å². The lowest BCUT2D eigenvalue weighted by Gasteiger charge is -2.11. The van der Waals surface area contributed by atoms with Gasteiger partial charge in [0.15, 0.2) is 5.13 Å². The number of nitrogens with one attached hydrogen (secondary N) is 2. The summed E-state index contributed by atoms with van der Waals surface area (Å²) in [4.78, 5) is 9.76. The third kappa shape index (κ3) is 4.55. The van der Waals surface area contributed by atoms with Crippen molar-refractivity contribution in [1.82, 2.24) is 14.5 Å². The summed E-state index contributed by atoms with van der Waals surface area (Å²) < 4.78 is 20.5. The number of nitrogens with zero attached hydrogens (tertiary/aromatic N) is 3. The molecular weight excluding hydrogens is 389 g/mol. The zero-order valence-corrected chi connectivity index (χ0v) is 16.8. The molecule has 2 heterocycles. The second-order valence-electron chi connectivity index (χ2n) is 6.43. The van der Waals surface area contributed by atoms with Crippen molar-refractivity contribution in [3.05, 3.63) is 77.6 Å². The molecule has 29 heavy (non-hydrogen) atoms. The van der Waals surface area contributed by atoms with Gasteiger partial charge in [-0.25, -0.2) is 14.4 Å². The fourth-order valence-electron chi connectivity index (χ4n) is 2.85. The third-order valence-corrected chi connectivity index (χ3v) is 5.20. The Morgan fingerprint density at radius 3 is 2.62 bits per heavy atom. The monoisotopic (exact) mass is 409 g/mol. The molecule has 0 unspecified atom stereocenters. The normalized spacial score (nSPS) is 10.7. The maximum atomic E-state index is 13.0. The Kier molecular flexibility index (Phi) is 5.44. The number of halogens is 1. The van der Waals surface area contributed by atoms with Crippen LogP contribution in [-0.4, -0.2) is 21.6 Å². The summed E-state index contributed by atoms with van der Waals surface area (Å²) in [5.74, 6) is 0.492. The van der Waals surface area contributed by atoms with Crippen molar-refractivity contribution in [1.29, 1.82) is 0 Å². The van der Waals surface area contributed by atoms with Crippen molar-refractivity contribution in [2.24, 2.45) is 0 Å². The van der Waals surface area contributed by atoms with Gasteiger partial charge in [0.2, 0.25) is 0 Å². The predicted octanol–water partition coefficient (Wildman–Crippen LogP) is 5.14. The molecule has 8 heteroatoms. The van der Waals surface area contributed by atoms with Crippen LogP contribution in [0.2, 0.25) is 0 Å². The van der Waals surface area contributed by atoms with Gasteiger partial charge in [-0.1, -0.05) is 11.3 Å². The molecule has 148 valence electrons. The van der Waals surface area contributed by atoms with E-state index in [1.165, 1.54) is 12.1 Å². The van der Waals surface area contributed by atoms with Gasteiger partial charge in [0, 0.05) is 34.7 Å². The zero-order valence-electron chi connectivity index (χ0n) is 16.0. The summed E-state index contributed by atoms with van der Waals surface area (Å²) in [7, 11) is 1.65. The number of benzene rings is 2. The number of anilines is 3. The van der Waals surface area contributed by atoms with Crippen molar-refractivity contribution < 1.29 is 9.13 Å². The van der Waals surface area contributed by atoms with Crippen LogP contribution in [0.3, 0.4) is 0 Å². The minimum absolute atomic E-state index is 0.246. The molecule has 0 aliphatic heterocycles. The topological polar surface area (TPSA) is 64.0 Å². The molecule has 0 fully saturated rings. The number of thiazole rings is 1. The number of hydrogen-bond donors (Lipinski definition) is 2. The van der Waals surface area contributed by atoms with Crippen molar-refractivity contribution >= 4 is 27.8 Å². The fourth-order valence-corrected chi connectivity index (χ4v) is 3.62. The Bertz CT molecular complexity index is 1110. The second kappa shape index (κ2) is 8.32. The molecule has 4 rings (SSSR count). The lowest BCUT2D eigenvalue weighted by Crippen LogP contribution is -1.97. The molecule has 0 saturated heterocycles. The van der Waals surface area contributed by atoms with E-state index >= 15 is 0 Å². The van der Waals surface area contributed by atoms with Crippen LogP contribution >= 0.6 is 11.3 Å². The van der Waals surface area contributed by atoms with E-state index in [9.17, 15) is 4.39 Å². The molecular formula is C21H20FN5OS. The summed E-state index contributed by atoms with van der Waals surface area (Å²) in [6.07, 6.45) is 5.54. The molecule has 0 spiro atoms. The quantitative estimate of drug-likeness (QED) is 0.442. The van der Waals surface area contributed by atoms with E-state index in [1.807, 2.05) is 42.1 Å². The van der Waals surface area contributed by atoms with Crippen LogP contribution in [0, 0.1) is 12.7 Å². The van der Waals surface area contributed by atoms with E-state index in [0.29, 0.717) is 6.54 Å². The molecule has 0 bridgehead atoms. The average molecular weight is 409 g/mol. The molecule has 6 nitrogen and oxygen atoms in total. The first-order chi connectivity index (χ1) is 14.1. The molecule has 4 aromatic rings. The van der Waals surface area contributed by atoms with Gasteiger partial charge in [0.1, 0.15) is 11.6 Å². The Morgan fingerprint density at radius 2 is 1.90 bits per heavy atom. The number of methoxy groups -OCH3 is 1. The standard InChI is InChI=1S/C21H20FN5OS/c1-14-12-27(13-25-14)19-8-7-17(9-20(19)28-2)26-21-24-11-18(29-21)10-23-16-5-3-15(22)4-6-16/h3-9,11-13,23H,10H2,1-2H3,(H,24,26). The van der Waals surface area contributed by atoms with Crippen LogP contribution in [-0.2, 0) is 6.54 Å². The first-order valence-corrected chi connectivity index (χ1v) is 9.82. The van der Waals surface area contributed by atoms with Crippen LogP contribution in [0.25, 0.3) is 5.69 Å². The fraction of sp³-hybridized carbons (Fsp3) is 0.143. The molecule has 0 atom stereocenters. The van der Waals surface area contributed by atoms with E-state index in [4.69, 9.17) is 4.74 Å². The maximum Gasteiger partial charge on any atom is 0.187 e. The number of ether oxygens (including phenoxy) is 1. The third-order valence-electron chi connectivity index (χ3n) is 4.29. The molecule has 2 aromatic heterocycles. The van der Waals surface area contributed by atoms with E-state index < -0.39 is 0 Å². The number of aromatic nitrogens is 3. The molecule has 0 aliphatic carbocycles. The van der Waals surface area contributed by atoms with Gasteiger partial charge in [-0.15, -0.1) is 0 Å². The predicted molar refractivity (Wildman–Crippen MR) is 114 cm³/mol. The summed E-state index contributed by atoms with van der Waals surface area (Å²) in [6.45, 7) is 2.57. The highest BCUT2D eigenvalue weighted by Gasteiger charge is 2.09. The lowest BCUT2D eigenvalue weighted by atomic mass is 10.2. The number of hydrogen-bond acceptors (Lipinski definition) is 6. The van der Waals surface area contributed by atoms with Gasteiger partial charge in [-0.3, -0.25) is 0 Å². The van der Waals surface area contributed by atoms with Gasteiger partial charge in [-0.2, -0.15) is 0 Å². The Labute approximate surface area is 172 Å². The van der Waals surface area contributed by atoms with Gasteiger partial charge in [0.25, 0.3) is 0 Å². The van der Waals surface area contributed by atoms with Crippen LogP contribution in [0.5, 0.6) is 5.75 Å². The van der Waals surface area contributed by atoms with Crippen LogP contribution < -0.4 is 15.4 Å². The maximum absolute atomic E-state index is 13.0. The van der Waals surface area contributed by atoms with E-state index in [1.54, 1.807) is 36.9 Å². The summed E-state index contributed by atoms with van der Waals surface area (Å²) >= 11 is 1.55. The van der Waals surface area contributed by atoms with Crippen LogP contribution in [0.15, 0.2) is 61.2 Å². The van der Waals surface area contributed by atoms with Crippen molar-refractivity contribution in [3.8, 4) is 11.4 Å². The molecule has 2 aromatic carbocycles. The Morgan fingerprint density at radius 1 is 1.10 bits per heavy atom. The van der Waals surface area contributed by atoms with Crippen LogP contribution in [0.4, 0.5) is 20.9 Å². The molecule has 0 aliphatic rings. The SMILES string of the molecule is COc1cc(Nc2ncc(CNc3ccc(F)cc3)s2)ccc1-n1cnc(C)c1. The number of aryl methyl sites for hydroxylation is 1. The highest BCUT2D eigenvalue weighted by Crippen LogP contribution is 2.30. The molecule has 0 amide bonds. The summed E-state index contributed by atoms with van der Waals surface area (Å²) in [6, 6.07) is 12.2. The van der Waals surface area contributed by atoms with Gasteiger partial charge in [-0.05, 0) is 43.3 Å². The highest BCUT2D eigenvalue weighted by atomic mass is 32.1. The molecule has 0 saturated carbocycles. The minimum atomic E-state index is -0.246. The smallest absolute Gasteiger partial charge is 0.187 e. The number of rotatable bonds is 7. The van der Waals surface area contributed by atoms with E-state index in [2.05, 4.69) is 20.6 Å². The van der Waals surface area contributed by atoms with Crippen molar-refractivity contribution in [2.75, 3.05) is 17.7 Å². The molecule has 2 N–H and O–H groups in total. The van der Waals surface area contributed by atoms with Crippen LogP contribution in [0.1, 0.15) is 10.6 Å². The molecule has 0 radical (unpaired) electrons. The second-order valence-corrected chi connectivity index (χ2v) is 7.54. The highest BCUT2D eigenvalue weighted by molar-refractivity contribution is 7.15. The van der Waals surface area contributed by atoms with E-state index in [0.717, 1.165) is 38.5 Å². The van der Waals surface area contributed by atoms with Crippen molar-refractivity contribution in [3.63, 3.8) is 0 Å². The summed E-state index contributed by atoms with van der Waals surface area (Å²) in [5.41, 5.74) is 3.61. The minimum Gasteiger partial charge on any atom is -0.494 e. The first kappa shape index (κ1) is 18.9. The largest absolute Gasteiger partial charge is 0.494 e.